The van der Waals surface area contributed by atoms with Crippen molar-refractivity contribution >= 4 is 39.7 Å². The van der Waals surface area contributed by atoms with E-state index < -0.39 is 10.0 Å². The van der Waals surface area contributed by atoms with Gasteiger partial charge in [0.15, 0.2) is 0 Å². The van der Waals surface area contributed by atoms with E-state index in [1.54, 1.807) is 6.07 Å². The zero-order valence-electron chi connectivity index (χ0n) is 14.7. The van der Waals surface area contributed by atoms with Crippen molar-refractivity contribution < 1.29 is 13.2 Å². The van der Waals surface area contributed by atoms with E-state index in [0.29, 0.717) is 37.3 Å². The highest BCUT2D eigenvalue weighted by Crippen LogP contribution is 2.30. The third-order valence-electron chi connectivity index (χ3n) is 4.22. The average Bonchev–Trinajstić information content (AvgIpc) is 2.88. The first kappa shape index (κ1) is 21.7. The highest BCUT2D eigenvalue weighted by molar-refractivity contribution is 7.93. The van der Waals surface area contributed by atoms with Gasteiger partial charge in [0.1, 0.15) is 0 Å². The van der Waals surface area contributed by atoms with Crippen LogP contribution in [0.4, 0.5) is 11.4 Å². The summed E-state index contributed by atoms with van der Waals surface area (Å²) in [5, 5.41) is 2.87. The number of aryl methyl sites for hydroxylation is 1. The number of hydrogen-bond acceptors (Lipinski definition) is 4. The SMILES string of the molecule is Cc1ccc(NC(=O)CCCCCCN)cc1N1CCCS1(=O)=O.Cl. The summed E-state index contributed by atoms with van der Waals surface area (Å²) in [6, 6.07) is 5.42. The summed E-state index contributed by atoms with van der Waals surface area (Å²) in [5.41, 5.74) is 7.64. The molecule has 0 radical (unpaired) electrons. The second kappa shape index (κ2) is 9.99. The molecule has 25 heavy (non-hydrogen) atoms. The molecule has 6 nitrogen and oxygen atoms in total. The van der Waals surface area contributed by atoms with E-state index in [0.717, 1.165) is 31.2 Å². The summed E-state index contributed by atoms with van der Waals surface area (Å²) in [4.78, 5) is 12.0. The molecule has 0 aliphatic carbocycles. The van der Waals surface area contributed by atoms with Gasteiger partial charge in [0.05, 0.1) is 11.4 Å². The van der Waals surface area contributed by atoms with Crippen molar-refractivity contribution in [3.05, 3.63) is 23.8 Å². The Bertz CT molecular complexity index is 680. The molecule has 1 aliphatic rings. The number of halogens is 1. The number of nitrogens with one attached hydrogen (secondary N) is 1. The predicted octanol–water partition coefficient (Wildman–Crippen LogP) is 2.80. The fourth-order valence-electron chi connectivity index (χ4n) is 2.87. The lowest BCUT2D eigenvalue weighted by molar-refractivity contribution is -0.116. The van der Waals surface area contributed by atoms with Crippen molar-refractivity contribution in [2.45, 2.75) is 45.4 Å². The van der Waals surface area contributed by atoms with Gasteiger partial charge in [-0.2, -0.15) is 0 Å². The van der Waals surface area contributed by atoms with Crippen LogP contribution in [0, 0.1) is 6.92 Å². The summed E-state index contributed by atoms with van der Waals surface area (Å²) in [5.74, 6) is 0.146. The molecule has 2 rings (SSSR count). The number of amides is 1. The lowest BCUT2D eigenvalue weighted by Gasteiger charge is -2.20. The second-order valence-corrected chi connectivity index (χ2v) is 8.26. The van der Waals surface area contributed by atoms with Crippen LogP contribution in [-0.4, -0.2) is 33.2 Å². The fourth-order valence-corrected chi connectivity index (χ4v) is 4.49. The van der Waals surface area contributed by atoms with Gasteiger partial charge in [-0.3, -0.25) is 9.10 Å². The van der Waals surface area contributed by atoms with E-state index >= 15 is 0 Å². The first-order chi connectivity index (χ1) is 11.4. The van der Waals surface area contributed by atoms with E-state index in [1.165, 1.54) is 4.31 Å². The third kappa shape index (κ3) is 6.17. The summed E-state index contributed by atoms with van der Waals surface area (Å²) in [6.07, 6.45) is 4.98. The predicted molar refractivity (Wildman–Crippen MR) is 105 cm³/mol. The van der Waals surface area contributed by atoms with Crippen molar-refractivity contribution in [2.24, 2.45) is 5.73 Å². The number of nitrogens with zero attached hydrogens (tertiary/aromatic N) is 1. The number of rotatable bonds is 8. The molecule has 142 valence electrons. The van der Waals surface area contributed by atoms with Crippen LogP contribution in [0.15, 0.2) is 18.2 Å². The maximum absolute atomic E-state index is 12.1. The highest BCUT2D eigenvalue weighted by atomic mass is 35.5. The average molecular weight is 390 g/mol. The minimum absolute atomic E-state index is 0. The Balaban J connectivity index is 0.00000312. The minimum atomic E-state index is -3.22. The van der Waals surface area contributed by atoms with Crippen LogP contribution in [0.1, 0.15) is 44.1 Å². The minimum Gasteiger partial charge on any atom is -0.330 e. The first-order valence-corrected chi connectivity index (χ1v) is 10.2. The van der Waals surface area contributed by atoms with E-state index in [4.69, 9.17) is 5.73 Å². The molecule has 0 saturated carbocycles. The maximum Gasteiger partial charge on any atom is 0.235 e. The Morgan fingerprint density at radius 2 is 1.96 bits per heavy atom. The van der Waals surface area contributed by atoms with Crippen molar-refractivity contribution in [3.63, 3.8) is 0 Å². The van der Waals surface area contributed by atoms with Gasteiger partial charge in [0, 0.05) is 18.7 Å². The molecule has 0 atom stereocenters. The van der Waals surface area contributed by atoms with Crippen molar-refractivity contribution in [1.29, 1.82) is 0 Å². The van der Waals surface area contributed by atoms with Crippen LogP contribution in [-0.2, 0) is 14.8 Å². The van der Waals surface area contributed by atoms with Gasteiger partial charge in [-0.15, -0.1) is 12.4 Å². The lowest BCUT2D eigenvalue weighted by atomic mass is 10.1. The molecule has 1 aliphatic heterocycles. The molecule has 1 amide bonds. The Kier molecular flexibility index (Phi) is 8.68. The molecule has 0 aromatic heterocycles. The van der Waals surface area contributed by atoms with Gasteiger partial charge >= 0.3 is 0 Å². The molecule has 1 fully saturated rings. The van der Waals surface area contributed by atoms with Crippen LogP contribution < -0.4 is 15.4 Å². The highest BCUT2D eigenvalue weighted by Gasteiger charge is 2.29. The molecule has 0 bridgehead atoms. The summed E-state index contributed by atoms with van der Waals surface area (Å²) in [6.45, 7) is 3.08. The quantitative estimate of drug-likeness (QED) is 0.668. The first-order valence-electron chi connectivity index (χ1n) is 8.55. The number of benzene rings is 1. The smallest absolute Gasteiger partial charge is 0.235 e. The van der Waals surface area contributed by atoms with Gasteiger partial charge in [-0.05, 0) is 50.4 Å². The van der Waals surface area contributed by atoms with Crippen molar-refractivity contribution in [2.75, 3.05) is 28.5 Å². The Hall–Kier alpha value is -1.31. The third-order valence-corrected chi connectivity index (χ3v) is 6.07. The van der Waals surface area contributed by atoms with Crippen LogP contribution >= 0.6 is 12.4 Å². The fraction of sp³-hybridized carbons (Fsp3) is 0.588. The van der Waals surface area contributed by atoms with Crippen LogP contribution in [0.2, 0.25) is 0 Å². The molecular formula is C17H28ClN3O3S. The molecule has 1 heterocycles. The number of hydrogen-bond donors (Lipinski definition) is 2. The Morgan fingerprint density at radius 3 is 2.60 bits per heavy atom. The van der Waals surface area contributed by atoms with Gasteiger partial charge in [0.2, 0.25) is 15.9 Å². The van der Waals surface area contributed by atoms with E-state index in [-0.39, 0.29) is 24.1 Å². The molecule has 1 aromatic rings. The zero-order valence-corrected chi connectivity index (χ0v) is 16.3. The van der Waals surface area contributed by atoms with Gasteiger partial charge in [-0.25, -0.2) is 8.42 Å². The maximum atomic E-state index is 12.1. The largest absolute Gasteiger partial charge is 0.330 e. The zero-order chi connectivity index (χ0) is 17.6. The van der Waals surface area contributed by atoms with Crippen molar-refractivity contribution in [3.8, 4) is 0 Å². The Labute approximate surface area is 156 Å². The van der Waals surface area contributed by atoms with Crippen molar-refractivity contribution in [1.82, 2.24) is 0 Å². The van der Waals surface area contributed by atoms with Crippen LogP contribution in [0.5, 0.6) is 0 Å². The molecule has 1 aromatic carbocycles. The van der Waals surface area contributed by atoms with Gasteiger partial charge in [0.25, 0.3) is 0 Å². The monoisotopic (exact) mass is 389 g/mol. The molecule has 3 N–H and O–H groups in total. The van der Waals surface area contributed by atoms with Crippen LogP contribution in [0.25, 0.3) is 0 Å². The number of anilines is 2. The molecular weight excluding hydrogens is 362 g/mol. The standard InChI is InChI=1S/C17H27N3O3S.ClH/c1-14-8-9-15(19-17(21)7-4-2-3-5-10-18)13-16(14)20-11-6-12-24(20,22)23;/h8-9,13H,2-7,10-12,18H2,1H3,(H,19,21);1H. The summed E-state index contributed by atoms with van der Waals surface area (Å²) >= 11 is 0. The lowest BCUT2D eigenvalue weighted by Crippen LogP contribution is -2.26. The second-order valence-electron chi connectivity index (χ2n) is 6.24. The summed E-state index contributed by atoms with van der Waals surface area (Å²) in [7, 11) is -3.22. The van der Waals surface area contributed by atoms with Crippen LogP contribution in [0.3, 0.4) is 0 Å². The molecule has 8 heteroatoms. The summed E-state index contributed by atoms with van der Waals surface area (Å²) < 4.78 is 25.7. The number of carbonyl (C=O) groups is 1. The topological polar surface area (TPSA) is 92.5 Å². The molecule has 1 saturated heterocycles. The Morgan fingerprint density at radius 1 is 1.24 bits per heavy atom. The molecule has 0 unspecified atom stereocenters. The van der Waals surface area contributed by atoms with E-state index in [9.17, 15) is 13.2 Å². The van der Waals surface area contributed by atoms with E-state index in [1.807, 2.05) is 19.1 Å². The number of unbranched alkanes of at least 4 members (excludes halogenated alkanes) is 3. The molecule has 0 spiro atoms. The number of carbonyl (C=O) groups excluding carboxylic acids is 1. The number of nitrogens with two attached hydrogens (primary N) is 1. The van der Waals surface area contributed by atoms with E-state index in [2.05, 4.69) is 5.32 Å². The normalized spacial score (nSPS) is 15.7. The number of sulfonamides is 1. The van der Waals surface area contributed by atoms with Gasteiger partial charge in [-0.1, -0.05) is 18.9 Å². The van der Waals surface area contributed by atoms with Gasteiger partial charge < -0.3 is 11.1 Å².